The Morgan fingerprint density at radius 1 is 0.953 bits per heavy atom. The van der Waals surface area contributed by atoms with Crippen LogP contribution in [0.25, 0.3) is 0 Å². The molecule has 220 valence electrons. The number of carbonyl (C=O) groups is 3. The van der Waals surface area contributed by atoms with Crippen molar-refractivity contribution in [2.75, 3.05) is 10.2 Å². The minimum Gasteiger partial charge on any atom is -0.325 e. The Hall–Kier alpha value is -3.75. The molecule has 14 heteroatoms. The molecule has 6 rings (SSSR count). The van der Waals surface area contributed by atoms with Gasteiger partial charge in [0.1, 0.15) is 17.6 Å². The van der Waals surface area contributed by atoms with Crippen LogP contribution in [0.2, 0.25) is 0 Å². The summed E-state index contributed by atoms with van der Waals surface area (Å²) in [7, 11) is 0. The van der Waals surface area contributed by atoms with Crippen molar-refractivity contribution in [3.63, 3.8) is 0 Å². The van der Waals surface area contributed by atoms with Crippen molar-refractivity contribution in [1.29, 1.82) is 0 Å². The van der Waals surface area contributed by atoms with E-state index in [4.69, 9.17) is 0 Å². The van der Waals surface area contributed by atoms with Crippen LogP contribution >= 0.6 is 39.0 Å². The zero-order chi connectivity index (χ0) is 30.6. The number of nitrogens with zero attached hydrogens (tertiary/aromatic N) is 2. The van der Waals surface area contributed by atoms with Gasteiger partial charge in [0.15, 0.2) is 0 Å². The number of carbonyl (C=O) groups excluding carboxylic acids is 3. The number of thioether (sulfide) groups is 1. The van der Waals surface area contributed by atoms with Crippen molar-refractivity contribution in [3.05, 3.63) is 109 Å². The number of hydrogen-bond acceptors (Lipinski definition) is 6. The highest BCUT2D eigenvalue weighted by Gasteiger charge is 2.57. The second-order valence-corrected chi connectivity index (χ2v) is 12.9. The fourth-order valence-corrected chi connectivity index (χ4v) is 8.46. The number of alkyl halides is 3. The van der Waals surface area contributed by atoms with Gasteiger partial charge in [-0.15, -0.1) is 0 Å². The topological polar surface area (TPSA) is 88.5 Å². The van der Waals surface area contributed by atoms with E-state index >= 15 is 0 Å². The van der Waals surface area contributed by atoms with Gasteiger partial charge in [-0.2, -0.15) is 13.2 Å². The lowest BCUT2D eigenvalue weighted by Gasteiger charge is -2.30. The molecule has 3 atom stereocenters. The van der Waals surface area contributed by atoms with Gasteiger partial charge in [0.2, 0.25) is 17.7 Å². The van der Waals surface area contributed by atoms with Crippen LogP contribution in [0.15, 0.2) is 87.1 Å². The van der Waals surface area contributed by atoms with Crippen LogP contribution in [-0.4, -0.2) is 27.5 Å². The molecule has 2 aliphatic heterocycles. The van der Waals surface area contributed by atoms with E-state index in [0.29, 0.717) is 25.6 Å². The number of amides is 3. The molecular weight excluding hydrogens is 674 g/mol. The first-order valence-electron chi connectivity index (χ1n) is 12.7. The summed E-state index contributed by atoms with van der Waals surface area (Å²) < 4.78 is 55.6. The average Bonchev–Trinajstić information content (AvgIpc) is 3.40. The summed E-state index contributed by atoms with van der Waals surface area (Å²) >= 11 is 5.21. The van der Waals surface area contributed by atoms with E-state index in [9.17, 15) is 36.7 Å². The predicted molar refractivity (Wildman–Crippen MR) is 157 cm³/mol. The Kier molecular flexibility index (Phi) is 7.55. The lowest BCUT2D eigenvalue weighted by atomic mass is 9.83. The number of fused-ring (bicyclic) bond motifs is 2. The molecule has 7 nitrogen and oxygen atoms in total. The van der Waals surface area contributed by atoms with Crippen molar-refractivity contribution in [3.8, 4) is 0 Å². The second kappa shape index (κ2) is 11.1. The van der Waals surface area contributed by atoms with Gasteiger partial charge < -0.3 is 5.32 Å². The molecule has 0 aliphatic carbocycles. The maximum atomic E-state index is 13.9. The number of imide groups is 1. The first-order valence-corrected chi connectivity index (χ1v) is 15.2. The van der Waals surface area contributed by atoms with E-state index < -0.39 is 63.8 Å². The number of thiazole rings is 1. The fraction of sp³-hybridized carbons (Fsp3) is 0.172. The maximum Gasteiger partial charge on any atom is 0.416 e. The van der Waals surface area contributed by atoms with E-state index in [2.05, 4.69) is 21.2 Å². The van der Waals surface area contributed by atoms with Gasteiger partial charge in [0, 0.05) is 21.0 Å². The lowest BCUT2D eigenvalue weighted by molar-refractivity contribution is -0.137. The molecule has 1 fully saturated rings. The average molecular weight is 693 g/mol. The van der Waals surface area contributed by atoms with E-state index in [-0.39, 0.29) is 5.69 Å². The van der Waals surface area contributed by atoms with Gasteiger partial charge in [-0.05, 0) is 60.2 Å². The van der Waals surface area contributed by atoms with Crippen molar-refractivity contribution < 1.29 is 31.9 Å². The molecule has 3 amide bonds. The summed E-state index contributed by atoms with van der Waals surface area (Å²) in [5.74, 6) is -4.26. The quantitative estimate of drug-likeness (QED) is 0.197. The van der Waals surface area contributed by atoms with Gasteiger partial charge in [-0.1, -0.05) is 57.2 Å². The number of aromatic nitrogens is 1. The molecule has 1 N–H and O–H groups in total. The Bertz CT molecular complexity index is 1840. The molecule has 3 heterocycles. The highest BCUT2D eigenvalue weighted by Crippen LogP contribution is 2.54. The van der Waals surface area contributed by atoms with Gasteiger partial charge in [-0.25, -0.2) is 9.29 Å². The first kappa shape index (κ1) is 29.3. The molecule has 0 saturated carbocycles. The van der Waals surface area contributed by atoms with Crippen molar-refractivity contribution in [1.82, 2.24) is 4.57 Å². The predicted octanol–water partition coefficient (Wildman–Crippen LogP) is 6.26. The Balaban J connectivity index is 1.41. The number of rotatable bonds is 5. The molecule has 3 aromatic carbocycles. The van der Waals surface area contributed by atoms with E-state index in [1.807, 2.05) is 0 Å². The van der Waals surface area contributed by atoms with Crippen LogP contribution in [0.5, 0.6) is 0 Å². The fourth-order valence-electron chi connectivity index (χ4n) is 5.27. The maximum absolute atomic E-state index is 13.9. The van der Waals surface area contributed by atoms with Gasteiger partial charge in [-0.3, -0.25) is 23.7 Å². The number of benzene rings is 3. The summed E-state index contributed by atoms with van der Waals surface area (Å²) in [6, 6.07) is 16.1. The Morgan fingerprint density at radius 2 is 1.67 bits per heavy atom. The largest absolute Gasteiger partial charge is 0.416 e. The lowest BCUT2D eigenvalue weighted by Crippen LogP contribution is -2.33. The smallest absolute Gasteiger partial charge is 0.325 e. The second-order valence-electron chi connectivity index (χ2n) is 9.84. The summed E-state index contributed by atoms with van der Waals surface area (Å²) in [4.78, 5) is 54.6. The van der Waals surface area contributed by atoms with Crippen LogP contribution in [0.3, 0.4) is 0 Å². The molecule has 4 aromatic rings. The Morgan fingerprint density at radius 3 is 2.37 bits per heavy atom. The molecule has 2 aliphatic rings. The number of nitrogens with one attached hydrogen (secondary N) is 1. The van der Waals surface area contributed by atoms with Crippen molar-refractivity contribution in [2.45, 2.75) is 28.9 Å². The standard InChI is InChI=1S/C29H18BrF4N3O4S2/c30-16-5-1-3-14(11-16)21-22-23(26(40)37(25(22)39)19-6-2-4-15(12-19)29(32,33)34)42-27-24(21)43-28(41)36(27)13-20(38)35-18-9-7-17(31)8-10-18/h1-12,21-23H,13H2,(H,35,38). The zero-order valence-corrected chi connectivity index (χ0v) is 24.8. The minimum absolute atomic E-state index is 0.202. The van der Waals surface area contributed by atoms with Crippen molar-refractivity contribution in [2.24, 2.45) is 5.92 Å². The Labute approximate surface area is 257 Å². The number of hydrogen-bond donors (Lipinski definition) is 1. The van der Waals surface area contributed by atoms with Crippen LogP contribution < -0.4 is 15.1 Å². The molecule has 0 bridgehead atoms. The van der Waals surface area contributed by atoms with Gasteiger partial charge in [0.05, 0.1) is 22.2 Å². The summed E-state index contributed by atoms with van der Waals surface area (Å²) in [6.07, 6.45) is -4.68. The van der Waals surface area contributed by atoms with Crippen LogP contribution in [0.1, 0.15) is 21.9 Å². The minimum atomic E-state index is -4.68. The third-order valence-corrected chi connectivity index (χ3v) is 10.2. The van der Waals surface area contributed by atoms with Crippen LogP contribution in [0.4, 0.5) is 28.9 Å². The molecule has 3 unspecified atom stereocenters. The summed E-state index contributed by atoms with van der Waals surface area (Å²) in [6.45, 7) is -0.420. The summed E-state index contributed by atoms with van der Waals surface area (Å²) in [5, 5.41) is 1.85. The molecule has 0 radical (unpaired) electrons. The molecule has 1 saturated heterocycles. The molecule has 43 heavy (non-hydrogen) atoms. The SMILES string of the molecule is O=C(Cn1c2c(sc1=O)C(c1cccc(Br)c1)C1C(=O)N(c3cccc(C(F)(F)F)c3)C(=O)C1S2)Nc1ccc(F)cc1. The summed E-state index contributed by atoms with van der Waals surface area (Å²) in [5.41, 5.74) is -0.275. The van der Waals surface area contributed by atoms with E-state index in [0.717, 1.165) is 46.2 Å². The highest BCUT2D eigenvalue weighted by molar-refractivity contribution is 9.10. The van der Waals surface area contributed by atoms with Gasteiger partial charge >= 0.3 is 11.0 Å². The molecular formula is C29H18BrF4N3O4S2. The third kappa shape index (κ3) is 5.43. The normalized spacial score (nSPS) is 19.7. The van der Waals surface area contributed by atoms with E-state index in [1.165, 1.54) is 34.9 Å². The van der Waals surface area contributed by atoms with Crippen molar-refractivity contribution >= 4 is 68.1 Å². The highest BCUT2D eigenvalue weighted by atomic mass is 79.9. The number of halogens is 5. The third-order valence-electron chi connectivity index (χ3n) is 7.12. The molecule has 1 aromatic heterocycles. The molecule has 0 spiro atoms. The zero-order valence-electron chi connectivity index (χ0n) is 21.6. The van der Waals surface area contributed by atoms with E-state index in [1.54, 1.807) is 24.3 Å². The van der Waals surface area contributed by atoms with Gasteiger partial charge in [0.25, 0.3) is 0 Å². The van der Waals surface area contributed by atoms with Crippen LogP contribution in [0, 0.1) is 11.7 Å². The van der Waals surface area contributed by atoms with Crippen LogP contribution in [-0.2, 0) is 27.1 Å². The monoisotopic (exact) mass is 691 g/mol. The number of anilines is 2. The first-order chi connectivity index (χ1) is 20.4.